The Kier molecular flexibility index (Phi) is 4.11. The number of fused-ring (bicyclic) bond motifs is 1. The van der Waals surface area contributed by atoms with Gasteiger partial charge in [-0.1, -0.05) is 36.4 Å². The summed E-state index contributed by atoms with van der Waals surface area (Å²) in [6.45, 7) is 0. The van der Waals surface area contributed by atoms with Crippen LogP contribution in [0.25, 0.3) is 5.65 Å². The number of aryl methyl sites for hydroxylation is 2. The number of hydrogen-bond donors (Lipinski definition) is 2. The molecule has 3 rings (SSSR count). The monoisotopic (exact) mass is 312 g/mol. The lowest BCUT2D eigenvalue weighted by Gasteiger charge is -2.06. The van der Waals surface area contributed by atoms with E-state index in [1.807, 2.05) is 36.5 Å². The van der Waals surface area contributed by atoms with Crippen LogP contribution in [0.1, 0.15) is 22.2 Å². The number of aromatic nitrogens is 3. The molecule has 0 aliphatic heterocycles. The molecule has 0 aliphatic rings. The summed E-state index contributed by atoms with van der Waals surface area (Å²) in [7, 11) is 0. The number of amides is 1. The molecule has 5 nitrogen and oxygen atoms in total. The fraction of sp³-hybridized carbons (Fsp3) is 0.188. The van der Waals surface area contributed by atoms with E-state index < -0.39 is 11.2 Å². The smallest absolute Gasteiger partial charge is 0.238 e. The Labute approximate surface area is 133 Å². The number of hydrogen-bond acceptors (Lipinski definition) is 4. The van der Waals surface area contributed by atoms with Crippen LogP contribution in [0.2, 0.25) is 0 Å². The first-order valence-corrected chi connectivity index (χ1v) is 7.52. The molecule has 22 heavy (non-hydrogen) atoms. The van der Waals surface area contributed by atoms with Crippen molar-refractivity contribution >= 4 is 24.2 Å². The molecule has 3 aromatic rings. The van der Waals surface area contributed by atoms with Gasteiger partial charge < -0.3 is 5.73 Å². The van der Waals surface area contributed by atoms with Gasteiger partial charge in [-0.05, 0) is 30.0 Å². The predicted octanol–water partition coefficient (Wildman–Crippen LogP) is 1.97. The van der Waals surface area contributed by atoms with Crippen LogP contribution in [0.3, 0.4) is 0 Å². The molecule has 2 aromatic heterocycles. The molecule has 2 heterocycles. The minimum atomic E-state index is -0.764. The van der Waals surface area contributed by atoms with Crippen LogP contribution in [-0.2, 0) is 17.6 Å². The van der Waals surface area contributed by atoms with Gasteiger partial charge in [0.25, 0.3) is 0 Å². The minimum absolute atomic E-state index is 0.451. The van der Waals surface area contributed by atoms with Crippen molar-refractivity contribution in [2.24, 2.45) is 5.73 Å². The van der Waals surface area contributed by atoms with E-state index in [4.69, 9.17) is 5.73 Å². The zero-order valence-electron chi connectivity index (χ0n) is 11.9. The second kappa shape index (κ2) is 6.19. The van der Waals surface area contributed by atoms with E-state index in [9.17, 15) is 4.79 Å². The molecule has 6 heteroatoms. The first-order valence-electron chi connectivity index (χ1n) is 7.00. The highest BCUT2D eigenvalue weighted by Gasteiger charge is 2.20. The Morgan fingerprint density at radius 3 is 2.64 bits per heavy atom. The third-order valence-corrected chi connectivity index (χ3v) is 4.07. The first-order chi connectivity index (χ1) is 10.7. The van der Waals surface area contributed by atoms with Crippen molar-refractivity contribution in [3.63, 3.8) is 0 Å². The van der Waals surface area contributed by atoms with Gasteiger partial charge in [-0.3, -0.25) is 9.20 Å². The maximum atomic E-state index is 11.3. The Hall–Kier alpha value is -2.34. The second-order valence-corrected chi connectivity index (χ2v) is 5.59. The number of nitrogens with two attached hydrogens (primary N) is 1. The molecule has 1 atom stereocenters. The third kappa shape index (κ3) is 2.82. The van der Waals surface area contributed by atoms with Gasteiger partial charge in [-0.2, -0.15) is 12.6 Å². The van der Waals surface area contributed by atoms with Gasteiger partial charge in [0, 0.05) is 6.20 Å². The van der Waals surface area contributed by atoms with Gasteiger partial charge >= 0.3 is 0 Å². The van der Waals surface area contributed by atoms with Crippen molar-refractivity contribution in [1.82, 2.24) is 14.6 Å². The van der Waals surface area contributed by atoms with Crippen molar-refractivity contribution in [2.75, 3.05) is 0 Å². The maximum Gasteiger partial charge on any atom is 0.238 e. The van der Waals surface area contributed by atoms with Crippen LogP contribution in [0.5, 0.6) is 0 Å². The van der Waals surface area contributed by atoms with E-state index in [0.717, 1.165) is 24.1 Å². The second-order valence-electron chi connectivity index (χ2n) is 5.08. The van der Waals surface area contributed by atoms with Gasteiger partial charge in [-0.25, -0.2) is 0 Å². The van der Waals surface area contributed by atoms with Crippen LogP contribution in [-0.4, -0.2) is 20.5 Å². The normalized spacial score (nSPS) is 12.4. The van der Waals surface area contributed by atoms with Crippen molar-refractivity contribution in [3.05, 3.63) is 65.6 Å². The lowest BCUT2D eigenvalue weighted by Crippen LogP contribution is -2.19. The van der Waals surface area contributed by atoms with Gasteiger partial charge in [-0.15, -0.1) is 10.2 Å². The number of thiol groups is 1. The molecule has 1 unspecified atom stereocenters. The average molecular weight is 312 g/mol. The number of benzene rings is 1. The number of rotatable bonds is 5. The Morgan fingerprint density at radius 1 is 1.14 bits per heavy atom. The zero-order chi connectivity index (χ0) is 15.5. The first kappa shape index (κ1) is 14.6. The topological polar surface area (TPSA) is 73.3 Å². The van der Waals surface area contributed by atoms with Gasteiger partial charge in [0.2, 0.25) is 5.91 Å². The van der Waals surface area contributed by atoms with Crippen LogP contribution in [0.4, 0.5) is 0 Å². The standard InChI is InChI=1S/C16H16N4OS/c17-14(21)13(22)16-19-18-15-12(7-4-10-20(15)16)9-8-11-5-2-1-3-6-11/h1-7,10,13,22H,8-9H2,(H2,17,21). The summed E-state index contributed by atoms with van der Waals surface area (Å²) in [6.07, 6.45) is 3.59. The summed E-state index contributed by atoms with van der Waals surface area (Å²) in [5.74, 6) is -0.0836. The molecule has 1 amide bonds. The summed E-state index contributed by atoms with van der Waals surface area (Å²) in [5, 5.41) is 7.49. The maximum absolute atomic E-state index is 11.3. The largest absolute Gasteiger partial charge is 0.368 e. The van der Waals surface area contributed by atoms with Crippen LogP contribution in [0, 0.1) is 0 Å². The molecule has 0 aliphatic carbocycles. The molecule has 0 saturated heterocycles. The number of primary amides is 1. The van der Waals surface area contributed by atoms with Crippen molar-refractivity contribution in [3.8, 4) is 0 Å². The third-order valence-electron chi connectivity index (χ3n) is 3.58. The molecular formula is C16H16N4OS. The number of pyridine rings is 1. The Balaban J connectivity index is 1.90. The Bertz CT molecular complexity index is 800. The van der Waals surface area contributed by atoms with Gasteiger partial charge in [0.15, 0.2) is 11.5 Å². The van der Waals surface area contributed by atoms with Crippen molar-refractivity contribution in [2.45, 2.75) is 18.1 Å². The Morgan fingerprint density at radius 2 is 1.91 bits per heavy atom. The fourth-order valence-electron chi connectivity index (χ4n) is 2.42. The zero-order valence-corrected chi connectivity index (χ0v) is 12.8. The molecule has 0 spiro atoms. The summed E-state index contributed by atoms with van der Waals surface area (Å²) < 4.78 is 1.78. The van der Waals surface area contributed by atoms with E-state index in [2.05, 4.69) is 35.0 Å². The lowest BCUT2D eigenvalue weighted by atomic mass is 10.1. The number of carbonyl (C=O) groups is 1. The van der Waals surface area contributed by atoms with E-state index in [0.29, 0.717) is 5.82 Å². The fourth-order valence-corrected chi connectivity index (χ4v) is 2.60. The van der Waals surface area contributed by atoms with Gasteiger partial charge in [0.05, 0.1) is 0 Å². The van der Waals surface area contributed by atoms with E-state index in [1.165, 1.54) is 5.56 Å². The predicted molar refractivity (Wildman–Crippen MR) is 87.8 cm³/mol. The molecule has 0 bridgehead atoms. The van der Waals surface area contributed by atoms with E-state index in [1.54, 1.807) is 4.40 Å². The summed E-state index contributed by atoms with van der Waals surface area (Å²) in [4.78, 5) is 11.3. The number of nitrogens with zero attached hydrogens (tertiary/aromatic N) is 3. The molecule has 0 radical (unpaired) electrons. The highest BCUT2D eigenvalue weighted by molar-refractivity contribution is 7.81. The quantitative estimate of drug-likeness (QED) is 0.707. The lowest BCUT2D eigenvalue weighted by molar-refractivity contribution is -0.117. The van der Waals surface area contributed by atoms with Crippen molar-refractivity contribution in [1.29, 1.82) is 0 Å². The SMILES string of the molecule is NC(=O)C(S)c1nnc2c(CCc3ccccc3)cccn12. The summed E-state index contributed by atoms with van der Waals surface area (Å²) in [5.41, 5.74) is 8.39. The van der Waals surface area contributed by atoms with Crippen LogP contribution < -0.4 is 5.73 Å². The van der Waals surface area contributed by atoms with Crippen molar-refractivity contribution < 1.29 is 4.79 Å². The van der Waals surface area contributed by atoms with Crippen LogP contribution >= 0.6 is 12.6 Å². The molecule has 1 aromatic carbocycles. The van der Waals surface area contributed by atoms with Crippen LogP contribution in [0.15, 0.2) is 48.7 Å². The summed E-state index contributed by atoms with van der Waals surface area (Å²) in [6, 6.07) is 14.2. The van der Waals surface area contributed by atoms with Gasteiger partial charge in [0.1, 0.15) is 5.25 Å². The molecule has 0 saturated carbocycles. The van der Waals surface area contributed by atoms with E-state index in [-0.39, 0.29) is 0 Å². The average Bonchev–Trinajstić information content (AvgIpc) is 2.97. The van der Waals surface area contributed by atoms with E-state index >= 15 is 0 Å². The minimum Gasteiger partial charge on any atom is -0.368 e. The molecule has 112 valence electrons. The molecular weight excluding hydrogens is 296 g/mol. The molecule has 2 N–H and O–H groups in total. The highest BCUT2D eigenvalue weighted by Crippen LogP contribution is 2.20. The summed E-state index contributed by atoms with van der Waals surface area (Å²) >= 11 is 4.20. The molecule has 0 fully saturated rings. The highest BCUT2D eigenvalue weighted by atomic mass is 32.1. The number of carbonyl (C=O) groups excluding carboxylic acids is 1.